The highest BCUT2D eigenvalue weighted by atomic mass is 32.2. The van der Waals surface area contributed by atoms with Crippen LogP contribution in [0.3, 0.4) is 0 Å². The number of hydrogen-bond donors (Lipinski definition) is 1. The summed E-state index contributed by atoms with van der Waals surface area (Å²) < 4.78 is 17.6. The Bertz CT molecular complexity index is 1450. The number of aromatic nitrogens is 4. The van der Waals surface area contributed by atoms with Gasteiger partial charge in [0.25, 0.3) is 11.1 Å². The van der Waals surface area contributed by atoms with Gasteiger partial charge in [-0.25, -0.2) is 0 Å². The number of rotatable bonds is 11. The molecule has 0 saturated carbocycles. The molecule has 12 nitrogen and oxygen atoms in total. The van der Waals surface area contributed by atoms with Crippen LogP contribution in [0.5, 0.6) is 17.2 Å². The Morgan fingerprint density at radius 3 is 2.48 bits per heavy atom. The van der Waals surface area contributed by atoms with Crippen molar-refractivity contribution in [3.8, 4) is 22.9 Å². The number of carbonyl (C=O) groups is 3. The average Bonchev–Trinajstić information content (AvgIpc) is 3.52. The summed E-state index contributed by atoms with van der Waals surface area (Å²) in [6, 6.07) is 9.33. The van der Waals surface area contributed by atoms with E-state index in [9.17, 15) is 14.4 Å². The van der Waals surface area contributed by atoms with Crippen LogP contribution in [0, 0.1) is 13.8 Å². The van der Waals surface area contributed by atoms with Gasteiger partial charge in [-0.2, -0.15) is 4.68 Å². The predicted octanol–water partition coefficient (Wildman–Crippen LogP) is 3.25. The summed E-state index contributed by atoms with van der Waals surface area (Å²) in [6.45, 7) is 4.08. The Kier molecular flexibility index (Phi) is 9.32. The van der Waals surface area contributed by atoms with Gasteiger partial charge in [-0.15, -0.1) is 5.10 Å². The molecule has 3 aromatic rings. The first-order chi connectivity index (χ1) is 19.2. The predicted molar refractivity (Wildman–Crippen MR) is 151 cm³/mol. The quantitative estimate of drug-likeness (QED) is 0.263. The molecule has 14 heteroatoms. The molecular formula is C26H28N6O6S2. The van der Waals surface area contributed by atoms with Crippen LogP contribution in [-0.2, 0) is 9.59 Å². The van der Waals surface area contributed by atoms with Crippen molar-refractivity contribution < 1.29 is 28.6 Å². The van der Waals surface area contributed by atoms with Crippen LogP contribution in [0.4, 0.5) is 4.79 Å². The van der Waals surface area contributed by atoms with E-state index in [-0.39, 0.29) is 29.7 Å². The average molecular weight is 585 g/mol. The molecule has 2 aromatic carbocycles. The zero-order valence-corrected chi connectivity index (χ0v) is 24.2. The molecule has 40 heavy (non-hydrogen) atoms. The molecule has 0 atom stereocenters. The molecule has 0 radical (unpaired) electrons. The highest BCUT2D eigenvalue weighted by molar-refractivity contribution is 8.18. The van der Waals surface area contributed by atoms with Crippen LogP contribution < -0.4 is 19.5 Å². The van der Waals surface area contributed by atoms with Crippen LogP contribution in [-0.4, -0.2) is 82.3 Å². The number of aryl methyl sites for hydroxylation is 2. The first-order valence-corrected chi connectivity index (χ1v) is 13.9. The zero-order valence-electron chi connectivity index (χ0n) is 22.6. The van der Waals surface area contributed by atoms with Crippen LogP contribution in [0.15, 0.2) is 40.4 Å². The van der Waals surface area contributed by atoms with E-state index in [1.807, 2.05) is 32.0 Å². The standard InChI is InChI=1S/C26H28N6O6S2/c1-15-6-7-16(2)18(10-15)32-25(28-29-30-32)39-14-22(33)27-8-9-31-24(34)21(40-26(31)35)13-17-11-19(36-3)23(38-5)20(12-17)37-4/h6-7,10-13H,8-9,14H2,1-5H3,(H,27,33)/b21-13-. The molecule has 1 saturated heterocycles. The number of ether oxygens (including phenoxy) is 3. The minimum Gasteiger partial charge on any atom is -0.493 e. The second-order valence-corrected chi connectivity index (χ2v) is 10.5. The molecule has 4 rings (SSSR count). The SMILES string of the molecule is COc1cc(/C=C2\SC(=O)N(CCNC(=O)CSc3nnnn3-c3cc(C)ccc3C)C2=O)cc(OC)c1OC. The largest absolute Gasteiger partial charge is 0.493 e. The summed E-state index contributed by atoms with van der Waals surface area (Å²) in [5.74, 6) is 0.618. The van der Waals surface area contributed by atoms with Crippen molar-refractivity contribution >= 4 is 46.7 Å². The third-order valence-corrected chi connectivity index (χ3v) is 7.71. The summed E-state index contributed by atoms with van der Waals surface area (Å²) in [4.78, 5) is 39.3. The Hall–Kier alpha value is -4.04. The van der Waals surface area contributed by atoms with Crippen molar-refractivity contribution in [1.29, 1.82) is 0 Å². The first-order valence-electron chi connectivity index (χ1n) is 12.1. The molecule has 1 fully saturated rings. The van der Waals surface area contributed by atoms with Crippen LogP contribution >= 0.6 is 23.5 Å². The van der Waals surface area contributed by atoms with E-state index in [0.29, 0.717) is 28.0 Å². The maximum absolute atomic E-state index is 12.9. The lowest BCUT2D eigenvalue weighted by Crippen LogP contribution is -2.37. The number of amides is 3. The number of thioether (sulfide) groups is 2. The number of hydrogen-bond acceptors (Lipinski definition) is 11. The van der Waals surface area contributed by atoms with Crippen LogP contribution in [0.25, 0.3) is 11.8 Å². The van der Waals surface area contributed by atoms with Crippen LogP contribution in [0.2, 0.25) is 0 Å². The van der Waals surface area contributed by atoms with E-state index in [0.717, 1.165) is 33.5 Å². The summed E-state index contributed by atoms with van der Waals surface area (Å²) >= 11 is 2.02. The summed E-state index contributed by atoms with van der Waals surface area (Å²) in [7, 11) is 4.49. The van der Waals surface area contributed by atoms with E-state index >= 15 is 0 Å². The lowest BCUT2D eigenvalue weighted by atomic mass is 10.1. The van der Waals surface area contributed by atoms with Crippen molar-refractivity contribution in [3.05, 3.63) is 51.9 Å². The maximum atomic E-state index is 12.9. The van der Waals surface area contributed by atoms with Gasteiger partial charge in [0.1, 0.15) is 0 Å². The van der Waals surface area contributed by atoms with E-state index in [2.05, 4.69) is 20.8 Å². The summed E-state index contributed by atoms with van der Waals surface area (Å²) in [5.41, 5.74) is 3.51. The van der Waals surface area contributed by atoms with Crippen molar-refractivity contribution in [1.82, 2.24) is 30.4 Å². The maximum Gasteiger partial charge on any atom is 0.293 e. The lowest BCUT2D eigenvalue weighted by molar-refractivity contribution is -0.123. The Balaban J connectivity index is 1.33. The molecule has 0 unspecified atom stereocenters. The Labute approximate surface area is 239 Å². The summed E-state index contributed by atoms with van der Waals surface area (Å²) in [5, 5.41) is 14.6. The van der Waals surface area contributed by atoms with Gasteiger partial charge in [0.2, 0.25) is 16.8 Å². The smallest absolute Gasteiger partial charge is 0.293 e. The number of nitrogens with one attached hydrogen (secondary N) is 1. The van der Waals surface area contributed by atoms with Crippen molar-refractivity contribution in [2.24, 2.45) is 0 Å². The third-order valence-electron chi connectivity index (χ3n) is 5.88. The van der Waals surface area contributed by atoms with Gasteiger partial charge in [-0.1, -0.05) is 23.9 Å². The zero-order chi connectivity index (χ0) is 28.8. The number of methoxy groups -OCH3 is 3. The van der Waals surface area contributed by atoms with Crippen molar-refractivity contribution in [2.45, 2.75) is 19.0 Å². The van der Waals surface area contributed by atoms with Gasteiger partial charge in [0.05, 0.1) is 37.7 Å². The lowest BCUT2D eigenvalue weighted by Gasteiger charge is -2.13. The molecule has 0 spiro atoms. The van der Waals surface area contributed by atoms with E-state index < -0.39 is 11.1 Å². The highest BCUT2D eigenvalue weighted by Gasteiger charge is 2.34. The molecular weight excluding hydrogens is 556 g/mol. The second kappa shape index (κ2) is 12.9. The van der Waals surface area contributed by atoms with Gasteiger partial charge >= 0.3 is 0 Å². The molecule has 1 aromatic heterocycles. The third kappa shape index (κ3) is 6.39. The molecule has 1 aliphatic rings. The normalized spacial score (nSPS) is 14.1. The number of tetrazole rings is 1. The monoisotopic (exact) mass is 584 g/mol. The van der Waals surface area contributed by atoms with E-state index in [1.165, 1.54) is 33.1 Å². The molecule has 1 N–H and O–H groups in total. The highest BCUT2D eigenvalue weighted by Crippen LogP contribution is 2.40. The Morgan fingerprint density at radius 1 is 1.07 bits per heavy atom. The Morgan fingerprint density at radius 2 is 1.80 bits per heavy atom. The minimum absolute atomic E-state index is 0.0356. The van der Waals surface area contributed by atoms with Gasteiger partial charge in [0.15, 0.2) is 11.5 Å². The summed E-state index contributed by atoms with van der Waals surface area (Å²) in [6.07, 6.45) is 1.59. The van der Waals surface area contributed by atoms with Crippen molar-refractivity contribution in [3.63, 3.8) is 0 Å². The minimum atomic E-state index is -0.444. The fraction of sp³-hybridized carbons (Fsp3) is 0.308. The second-order valence-electron chi connectivity index (χ2n) is 8.59. The molecule has 0 aliphatic carbocycles. The fourth-order valence-corrected chi connectivity index (χ4v) is 5.46. The topological polar surface area (TPSA) is 138 Å². The van der Waals surface area contributed by atoms with Gasteiger partial charge < -0.3 is 19.5 Å². The van der Waals surface area contributed by atoms with E-state index in [4.69, 9.17) is 14.2 Å². The van der Waals surface area contributed by atoms with E-state index in [1.54, 1.807) is 22.9 Å². The first kappa shape index (κ1) is 29.0. The fourth-order valence-electron chi connectivity index (χ4n) is 3.88. The molecule has 210 valence electrons. The number of benzene rings is 2. The van der Waals surface area contributed by atoms with Crippen LogP contribution in [0.1, 0.15) is 16.7 Å². The molecule has 3 amide bonds. The molecule has 1 aliphatic heterocycles. The molecule has 0 bridgehead atoms. The van der Waals surface area contributed by atoms with Gasteiger partial charge in [-0.3, -0.25) is 19.3 Å². The van der Waals surface area contributed by atoms with Gasteiger partial charge in [-0.05, 0) is 77.0 Å². The van der Waals surface area contributed by atoms with Gasteiger partial charge in [0, 0.05) is 13.1 Å². The number of imide groups is 1. The number of nitrogens with zero attached hydrogens (tertiary/aromatic N) is 5. The number of carbonyl (C=O) groups excluding carboxylic acids is 3. The molecule has 2 heterocycles. The van der Waals surface area contributed by atoms with Crippen molar-refractivity contribution in [2.75, 3.05) is 40.2 Å².